The van der Waals surface area contributed by atoms with Gasteiger partial charge in [0.25, 0.3) is 0 Å². The van der Waals surface area contributed by atoms with Crippen LogP contribution in [-0.4, -0.2) is 48.3 Å². The number of fused-ring (bicyclic) bond motifs is 3. The van der Waals surface area contributed by atoms with E-state index < -0.39 is 23.3 Å². The Morgan fingerprint density at radius 3 is 2.33 bits per heavy atom. The van der Waals surface area contributed by atoms with Crippen LogP contribution in [-0.2, 0) is 16.0 Å². The minimum atomic E-state index is -1.27. The molecular formula is C18H17N3O3. The molecule has 0 bridgehead atoms. The van der Waals surface area contributed by atoms with Gasteiger partial charge < -0.3 is 5.32 Å². The molecule has 24 heavy (non-hydrogen) atoms. The van der Waals surface area contributed by atoms with E-state index in [2.05, 4.69) is 5.32 Å². The van der Waals surface area contributed by atoms with E-state index in [1.54, 1.807) is 0 Å². The number of urea groups is 1. The summed E-state index contributed by atoms with van der Waals surface area (Å²) in [4.78, 5) is 39.8. The predicted octanol–water partition coefficient (Wildman–Crippen LogP) is 1.84. The Bertz CT molecular complexity index is 882. The van der Waals surface area contributed by atoms with Crippen LogP contribution in [0.2, 0.25) is 0 Å². The molecule has 6 heteroatoms. The molecule has 0 aromatic heterocycles. The van der Waals surface area contributed by atoms with Crippen molar-refractivity contribution < 1.29 is 14.4 Å². The summed E-state index contributed by atoms with van der Waals surface area (Å²) in [5, 5.41) is 5.30. The number of rotatable bonds is 0. The lowest BCUT2D eigenvalue weighted by atomic mass is 9.74. The number of amides is 4. The topological polar surface area (TPSA) is 69.7 Å². The van der Waals surface area contributed by atoms with Crippen LogP contribution < -0.4 is 5.32 Å². The summed E-state index contributed by atoms with van der Waals surface area (Å²) in [6, 6.07) is 11.3. The zero-order valence-electron chi connectivity index (χ0n) is 13.5. The number of carbonyl (C=O) groups excluding carboxylic acids is 3. The molecule has 2 heterocycles. The van der Waals surface area contributed by atoms with E-state index in [9.17, 15) is 14.4 Å². The van der Waals surface area contributed by atoms with Crippen LogP contribution >= 0.6 is 0 Å². The van der Waals surface area contributed by atoms with Crippen molar-refractivity contribution in [3.05, 3.63) is 42.0 Å². The van der Waals surface area contributed by atoms with Gasteiger partial charge in [0.05, 0.1) is 0 Å². The molecule has 2 aliphatic rings. The Morgan fingerprint density at radius 1 is 0.958 bits per heavy atom. The molecule has 0 aliphatic carbocycles. The van der Waals surface area contributed by atoms with Crippen molar-refractivity contribution in [2.24, 2.45) is 5.41 Å². The van der Waals surface area contributed by atoms with Gasteiger partial charge in [-0.2, -0.15) is 0 Å². The first-order valence-corrected chi connectivity index (χ1v) is 7.80. The van der Waals surface area contributed by atoms with Crippen LogP contribution in [0.25, 0.3) is 10.8 Å². The normalized spacial score (nSPS) is 19.7. The molecule has 6 nitrogen and oxygen atoms in total. The molecule has 122 valence electrons. The average molecular weight is 323 g/mol. The van der Waals surface area contributed by atoms with Gasteiger partial charge in [-0.3, -0.25) is 19.4 Å². The Balaban J connectivity index is 1.88. The summed E-state index contributed by atoms with van der Waals surface area (Å²) in [5.74, 6) is -0.886. The molecule has 1 spiro atoms. The first kappa shape index (κ1) is 14.7. The molecule has 1 saturated heterocycles. The predicted molar refractivity (Wildman–Crippen MR) is 89.5 cm³/mol. The van der Waals surface area contributed by atoms with Crippen LogP contribution in [0.4, 0.5) is 10.5 Å². The van der Waals surface area contributed by atoms with Crippen LogP contribution in [0.1, 0.15) is 5.56 Å². The number of carbonyl (C=O) groups is 3. The molecule has 2 aromatic carbocycles. The maximum atomic E-state index is 12.8. The number of benzene rings is 2. The Morgan fingerprint density at radius 2 is 1.62 bits per heavy atom. The number of hydrogen-bond donors (Lipinski definition) is 1. The molecular weight excluding hydrogens is 306 g/mol. The van der Waals surface area contributed by atoms with Gasteiger partial charge >= 0.3 is 6.03 Å². The minimum Gasteiger partial charge on any atom is -0.383 e. The highest BCUT2D eigenvalue weighted by Crippen LogP contribution is 2.41. The number of anilines is 1. The second-order valence-corrected chi connectivity index (χ2v) is 6.44. The molecule has 0 unspecified atom stereocenters. The van der Waals surface area contributed by atoms with Gasteiger partial charge in [0, 0.05) is 32.7 Å². The molecule has 0 saturated carbocycles. The van der Waals surface area contributed by atoms with E-state index in [4.69, 9.17) is 0 Å². The van der Waals surface area contributed by atoms with Crippen molar-refractivity contribution in [1.82, 2.24) is 9.80 Å². The van der Waals surface area contributed by atoms with Crippen molar-refractivity contribution in [3.63, 3.8) is 0 Å². The highest BCUT2D eigenvalue weighted by Gasteiger charge is 2.56. The number of hydrogen-bond acceptors (Lipinski definition) is 4. The summed E-state index contributed by atoms with van der Waals surface area (Å²) in [6.07, 6.45) is 0.288. The molecule has 0 atom stereocenters. The van der Waals surface area contributed by atoms with E-state index in [-0.39, 0.29) is 13.0 Å². The standard InChI is InChI=1S/C18H17N3O3/c1-20-15(22)18(16(23)21(2)17(20)24)9-13-12-6-4-3-5-11(12)7-8-14(13)19-10-18/h3-8,19H,9-10H2,1-2H3. The fourth-order valence-electron chi connectivity index (χ4n) is 3.74. The molecule has 0 radical (unpaired) electrons. The van der Waals surface area contributed by atoms with Crippen LogP contribution in [0.3, 0.4) is 0 Å². The highest BCUT2D eigenvalue weighted by atomic mass is 16.2. The molecule has 1 N–H and O–H groups in total. The van der Waals surface area contributed by atoms with Crippen LogP contribution in [0.15, 0.2) is 36.4 Å². The molecule has 1 fully saturated rings. The SMILES string of the molecule is CN1C(=O)N(C)C(=O)C2(CNc3ccc4ccccc4c3C2)C1=O. The van der Waals surface area contributed by atoms with E-state index >= 15 is 0 Å². The van der Waals surface area contributed by atoms with Gasteiger partial charge in [0.1, 0.15) is 5.41 Å². The van der Waals surface area contributed by atoms with E-state index in [0.717, 1.165) is 31.8 Å². The Labute approximate surface area is 139 Å². The summed E-state index contributed by atoms with van der Waals surface area (Å²) in [6.45, 7) is 0.192. The number of nitrogens with one attached hydrogen (secondary N) is 1. The molecule has 4 rings (SSSR count). The first-order chi connectivity index (χ1) is 11.5. The van der Waals surface area contributed by atoms with Crippen LogP contribution in [0.5, 0.6) is 0 Å². The summed E-state index contributed by atoms with van der Waals surface area (Å²) in [7, 11) is 2.85. The second-order valence-electron chi connectivity index (χ2n) is 6.44. The van der Waals surface area contributed by atoms with Gasteiger partial charge in [-0.05, 0) is 22.4 Å². The number of imide groups is 2. The highest BCUT2D eigenvalue weighted by molar-refractivity contribution is 6.19. The van der Waals surface area contributed by atoms with E-state index in [0.29, 0.717) is 0 Å². The minimum absolute atomic E-state index is 0.192. The first-order valence-electron chi connectivity index (χ1n) is 7.80. The van der Waals surface area contributed by atoms with Gasteiger partial charge in [-0.25, -0.2) is 4.79 Å². The fourth-order valence-corrected chi connectivity index (χ4v) is 3.74. The van der Waals surface area contributed by atoms with Crippen molar-refractivity contribution >= 4 is 34.3 Å². The van der Waals surface area contributed by atoms with Gasteiger partial charge in [0.2, 0.25) is 11.8 Å². The molecule has 2 aromatic rings. The fraction of sp³-hybridized carbons (Fsp3) is 0.278. The quantitative estimate of drug-likeness (QED) is 0.751. The third-order valence-corrected chi connectivity index (χ3v) is 5.10. The third-order valence-electron chi connectivity index (χ3n) is 5.10. The third kappa shape index (κ3) is 1.73. The number of nitrogens with zero attached hydrogens (tertiary/aromatic N) is 2. The summed E-state index contributed by atoms with van der Waals surface area (Å²) in [5.41, 5.74) is 0.605. The van der Waals surface area contributed by atoms with E-state index in [1.807, 2.05) is 36.4 Å². The zero-order chi connectivity index (χ0) is 17.1. The van der Waals surface area contributed by atoms with Crippen molar-refractivity contribution in [3.8, 4) is 0 Å². The lowest BCUT2D eigenvalue weighted by Crippen LogP contribution is -2.66. The van der Waals surface area contributed by atoms with Gasteiger partial charge in [0.15, 0.2) is 0 Å². The monoisotopic (exact) mass is 323 g/mol. The lowest BCUT2D eigenvalue weighted by molar-refractivity contribution is -0.156. The maximum Gasteiger partial charge on any atom is 0.332 e. The second kappa shape index (κ2) is 4.80. The van der Waals surface area contributed by atoms with Crippen molar-refractivity contribution in [1.29, 1.82) is 0 Å². The van der Waals surface area contributed by atoms with Crippen molar-refractivity contribution in [2.45, 2.75) is 6.42 Å². The Kier molecular flexibility index (Phi) is 2.94. The van der Waals surface area contributed by atoms with Crippen LogP contribution in [0, 0.1) is 5.41 Å². The zero-order valence-corrected chi connectivity index (χ0v) is 13.5. The summed E-state index contributed by atoms with van der Waals surface area (Å²) >= 11 is 0. The lowest BCUT2D eigenvalue weighted by Gasteiger charge is -2.44. The van der Waals surface area contributed by atoms with Gasteiger partial charge in [-0.1, -0.05) is 30.3 Å². The number of barbiturate groups is 1. The van der Waals surface area contributed by atoms with E-state index in [1.165, 1.54) is 14.1 Å². The maximum absolute atomic E-state index is 12.8. The largest absolute Gasteiger partial charge is 0.383 e. The molecule has 4 amide bonds. The van der Waals surface area contributed by atoms with Crippen molar-refractivity contribution in [2.75, 3.05) is 26.0 Å². The Hall–Kier alpha value is -2.89. The van der Waals surface area contributed by atoms with Gasteiger partial charge in [-0.15, -0.1) is 0 Å². The average Bonchev–Trinajstić information content (AvgIpc) is 2.63. The summed E-state index contributed by atoms with van der Waals surface area (Å²) < 4.78 is 0. The molecule has 2 aliphatic heterocycles. The smallest absolute Gasteiger partial charge is 0.332 e.